The zero-order chi connectivity index (χ0) is 16.0. The molecule has 21 heavy (non-hydrogen) atoms. The lowest BCUT2D eigenvalue weighted by molar-refractivity contribution is -0.383. The molecule has 0 aromatic carbocycles. The van der Waals surface area contributed by atoms with Gasteiger partial charge in [-0.3, -0.25) is 10.1 Å². The van der Waals surface area contributed by atoms with Crippen molar-refractivity contribution < 1.29 is 13.3 Å². The predicted octanol–water partition coefficient (Wildman–Crippen LogP) is 0.688. The number of sulfone groups is 1. The largest absolute Gasteiger partial charge is 0.364 e. The van der Waals surface area contributed by atoms with E-state index < -0.39 is 14.8 Å². The van der Waals surface area contributed by atoms with Crippen molar-refractivity contribution in [2.75, 3.05) is 42.4 Å². The van der Waals surface area contributed by atoms with Crippen LogP contribution in [0.4, 0.5) is 17.3 Å². The third-order valence-electron chi connectivity index (χ3n) is 2.69. The number of nitrogens with one attached hydrogen (secondary N) is 1. The van der Waals surface area contributed by atoms with Gasteiger partial charge in [0.05, 0.1) is 10.7 Å². The van der Waals surface area contributed by atoms with Crippen molar-refractivity contribution in [3.8, 4) is 0 Å². The number of nitro groups is 1. The van der Waals surface area contributed by atoms with Gasteiger partial charge in [-0.05, 0) is 6.42 Å². The number of aromatic nitrogens is 2. The number of hydrogen-bond donors (Lipinski definition) is 1. The van der Waals surface area contributed by atoms with Crippen LogP contribution in [0.5, 0.6) is 0 Å². The fourth-order valence-electron chi connectivity index (χ4n) is 1.60. The highest BCUT2D eigenvalue weighted by molar-refractivity contribution is 7.90. The van der Waals surface area contributed by atoms with Gasteiger partial charge in [-0.15, -0.1) is 0 Å². The molecule has 1 aromatic rings. The Morgan fingerprint density at radius 3 is 2.62 bits per heavy atom. The zero-order valence-electron chi connectivity index (χ0n) is 12.2. The van der Waals surface area contributed by atoms with E-state index >= 15 is 0 Å². The van der Waals surface area contributed by atoms with E-state index in [1.807, 2.05) is 6.92 Å². The van der Waals surface area contributed by atoms with Gasteiger partial charge in [0.15, 0.2) is 0 Å². The predicted molar refractivity (Wildman–Crippen MR) is 80.4 cm³/mol. The topological polar surface area (TPSA) is 118 Å². The minimum absolute atomic E-state index is 0.0947. The first-order chi connectivity index (χ1) is 9.76. The smallest absolute Gasteiger partial charge is 0.353 e. The van der Waals surface area contributed by atoms with Crippen LogP contribution in [0.1, 0.15) is 13.3 Å². The van der Waals surface area contributed by atoms with E-state index in [2.05, 4.69) is 15.3 Å². The summed E-state index contributed by atoms with van der Waals surface area (Å²) in [4.78, 5) is 19.9. The van der Waals surface area contributed by atoms with E-state index in [0.29, 0.717) is 6.54 Å². The Balaban J connectivity index is 3.07. The van der Waals surface area contributed by atoms with Crippen molar-refractivity contribution in [2.24, 2.45) is 0 Å². The maximum absolute atomic E-state index is 11.3. The number of hydrogen-bond acceptors (Lipinski definition) is 8. The lowest BCUT2D eigenvalue weighted by Crippen LogP contribution is -2.26. The minimum atomic E-state index is -3.16. The molecular formula is C11H19N5O4S. The van der Waals surface area contributed by atoms with Gasteiger partial charge in [0, 0.05) is 26.4 Å². The summed E-state index contributed by atoms with van der Waals surface area (Å²) >= 11 is 0. The fraction of sp³-hybridized carbons (Fsp3) is 0.636. The summed E-state index contributed by atoms with van der Waals surface area (Å²) in [7, 11) is -1.60. The second-order valence-electron chi connectivity index (χ2n) is 4.63. The molecule has 1 heterocycles. The van der Waals surface area contributed by atoms with Crippen molar-refractivity contribution in [3.63, 3.8) is 0 Å². The summed E-state index contributed by atoms with van der Waals surface area (Å²) in [6, 6.07) is 0. The molecule has 1 aromatic heterocycles. The molecule has 118 valence electrons. The third-order valence-corrected chi connectivity index (χ3v) is 3.61. The number of anilines is 2. The molecule has 9 nitrogen and oxygen atoms in total. The Labute approximate surface area is 123 Å². The van der Waals surface area contributed by atoms with Crippen molar-refractivity contribution >= 4 is 27.2 Å². The molecule has 1 rings (SSSR count). The number of nitrogens with zero attached hydrogens (tertiary/aromatic N) is 4. The molecule has 0 atom stereocenters. The second-order valence-corrected chi connectivity index (χ2v) is 6.89. The minimum Gasteiger partial charge on any atom is -0.364 e. The summed E-state index contributed by atoms with van der Waals surface area (Å²) in [5.41, 5.74) is -0.248. The summed E-state index contributed by atoms with van der Waals surface area (Å²) in [6.07, 6.45) is 3.13. The van der Waals surface area contributed by atoms with Gasteiger partial charge in [0.2, 0.25) is 11.6 Å². The maximum Gasteiger partial charge on any atom is 0.353 e. The summed E-state index contributed by atoms with van der Waals surface area (Å²) in [6.45, 7) is 2.59. The van der Waals surface area contributed by atoms with Crippen LogP contribution in [0.25, 0.3) is 0 Å². The van der Waals surface area contributed by atoms with E-state index in [4.69, 9.17) is 0 Å². The highest BCUT2D eigenvalue weighted by Crippen LogP contribution is 2.30. The molecule has 0 aliphatic rings. The quantitative estimate of drug-likeness (QED) is 0.549. The Morgan fingerprint density at radius 1 is 1.43 bits per heavy atom. The summed E-state index contributed by atoms with van der Waals surface area (Å²) < 4.78 is 22.4. The van der Waals surface area contributed by atoms with Crippen molar-refractivity contribution in [1.82, 2.24) is 9.97 Å². The molecule has 0 fully saturated rings. The van der Waals surface area contributed by atoms with Crippen molar-refractivity contribution in [3.05, 3.63) is 16.4 Å². The van der Waals surface area contributed by atoms with Crippen molar-refractivity contribution in [2.45, 2.75) is 13.3 Å². The first-order valence-electron chi connectivity index (χ1n) is 6.38. The molecule has 0 spiro atoms. The van der Waals surface area contributed by atoms with E-state index in [0.717, 1.165) is 12.7 Å². The van der Waals surface area contributed by atoms with Gasteiger partial charge < -0.3 is 10.2 Å². The monoisotopic (exact) mass is 317 g/mol. The Morgan fingerprint density at radius 2 is 2.10 bits per heavy atom. The van der Waals surface area contributed by atoms with Crippen LogP contribution in [-0.2, 0) is 9.84 Å². The van der Waals surface area contributed by atoms with Crippen LogP contribution >= 0.6 is 0 Å². The summed E-state index contributed by atoms with van der Waals surface area (Å²) in [5, 5.41) is 14.1. The van der Waals surface area contributed by atoms with Gasteiger partial charge in [0.25, 0.3) is 0 Å². The lowest BCUT2D eigenvalue weighted by Gasteiger charge is -2.18. The van der Waals surface area contributed by atoms with Gasteiger partial charge in [-0.2, -0.15) is 0 Å². The van der Waals surface area contributed by atoms with Crippen LogP contribution in [0.3, 0.4) is 0 Å². The highest BCUT2D eigenvalue weighted by atomic mass is 32.2. The molecule has 0 amide bonds. The lowest BCUT2D eigenvalue weighted by atomic mass is 10.3. The molecule has 0 unspecified atom stereocenters. The van der Waals surface area contributed by atoms with Crippen LogP contribution in [-0.4, -0.2) is 55.5 Å². The Kier molecular flexibility index (Phi) is 5.82. The molecule has 10 heteroatoms. The highest BCUT2D eigenvalue weighted by Gasteiger charge is 2.25. The van der Waals surface area contributed by atoms with Gasteiger partial charge in [-0.1, -0.05) is 6.92 Å². The second kappa shape index (κ2) is 7.16. The molecule has 1 N–H and O–H groups in total. The summed E-state index contributed by atoms with van der Waals surface area (Å²) in [5.74, 6) is 0.123. The van der Waals surface area contributed by atoms with Crippen molar-refractivity contribution in [1.29, 1.82) is 0 Å². The molecule has 0 radical (unpaired) electrons. The molecule has 0 aliphatic carbocycles. The van der Waals surface area contributed by atoms with E-state index in [1.54, 1.807) is 7.05 Å². The van der Waals surface area contributed by atoms with Crippen LogP contribution < -0.4 is 10.2 Å². The maximum atomic E-state index is 11.3. The molecular weight excluding hydrogens is 298 g/mol. The average Bonchev–Trinajstić information content (AvgIpc) is 2.40. The third kappa shape index (κ3) is 5.14. The first-order valence-corrected chi connectivity index (χ1v) is 8.44. The molecule has 0 saturated carbocycles. The SMILES string of the molecule is CCCNc1ncnc(N(C)CCS(C)(=O)=O)c1[N+](=O)[O-]. The zero-order valence-corrected chi connectivity index (χ0v) is 13.1. The standard InChI is InChI=1S/C11H19N5O4S/c1-4-5-12-10-9(16(17)18)11(14-8-13-10)15(2)6-7-21(3,19)20/h8H,4-7H2,1-3H3,(H,12,13,14). The molecule has 0 bridgehead atoms. The average molecular weight is 317 g/mol. The first kappa shape index (κ1) is 17.1. The molecule has 0 aliphatic heterocycles. The van der Waals surface area contributed by atoms with Gasteiger partial charge >= 0.3 is 5.69 Å². The molecule has 0 saturated heterocycles. The fourth-order valence-corrected chi connectivity index (χ4v) is 2.20. The Hall–Kier alpha value is -1.97. The van der Waals surface area contributed by atoms with Gasteiger partial charge in [-0.25, -0.2) is 18.4 Å². The van der Waals surface area contributed by atoms with Gasteiger partial charge in [0.1, 0.15) is 16.2 Å². The van der Waals surface area contributed by atoms with E-state index in [9.17, 15) is 18.5 Å². The van der Waals surface area contributed by atoms with Crippen LogP contribution in [0.15, 0.2) is 6.33 Å². The number of rotatable bonds is 8. The van der Waals surface area contributed by atoms with E-state index in [1.165, 1.54) is 11.2 Å². The van der Waals surface area contributed by atoms with E-state index in [-0.39, 0.29) is 29.6 Å². The van der Waals surface area contributed by atoms with Crippen LogP contribution in [0, 0.1) is 10.1 Å². The van der Waals surface area contributed by atoms with Crippen LogP contribution in [0.2, 0.25) is 0 Å². The normalized spacial score (nSPS) is 11.2. The Bertz CT molecular complexity index is 605.